The molecule has 4 heterocycles. The van der Waals surface area contributed by atoms with Crippen LogP contribution >= 0.6 is 11.3 Å². The number of carbonyl (C=O) groups is 1. The molecule has 3 aromatic heterocycles. The summed E-state index contributed by atoms with van der Waals surface area (Å²) in [5.74, 6) is -0.601. The van der Waals surface area contributed by atoms with E-state index in [2.05, 4.69) is 30.4 Å². The molecule has 0 atom stereocenters. The number of hydrogen-bond donors (Lipinski definition) is 3. The van der Waals surface area contributed by atoms with Gasteiger partial charge in [0.05, 0.1) is 23.9 Å². The fraction of sp³-hybridized carbons (Fsp3) is 0.240. The molecule has 0 radical (unpaired) electrons. The topological polar surface area (TPSA) is 89.7 Å². The maximum Gasteiger partial charge on any atom is 0.275 e. The van der Waals surface area contributed by atoms with Crippen LogP contribution in [0.4, 0.5) is 10.1 Å². The average Bonchev–Trinajstić information content (AvgIpc) is 3.60. The average molecular weight is 475 g/mol. The van der Waals surface area contributed by atoms with Crippen LogP contribution in [0.3, 0.4) is 0 Å². The van der Waals surface area contributed by atoms with Gasteiger partial charge in [0.15, 0.2) is 0 Å². The number of thiazole rings is 1. The lowest BCUT2D eigenvalue weighted by molar-refractivity contribution is 0.102. The van der Waals surface area contributed by atoms with Gasteiger partial charge in [-0.3, -0.25) is 14.8 Å². The summed E-state index contributed by atoms with van der Waals surface area (Å²) in [5, 5.41) is 14.5. The zero-order chi connectivity index (χ0) is 23.1. The van der Waals surface area contributed by atoms with Gasteiger partial charge in [-0.05, 0) is 67.4 Å². The van der Waals surface area contributed by atoms with E-state index in [0.717, 1.165) is 52.1 Å². The van der Waals surface area contributed by atoms with Crippen LogP contribution in [-0.4, -0.2) is 44.1 Å². The number of aromatic nitrogens is 4. The van der Waals surface area contributed by atoms with Crippen LogP contribution in [0.5, 0.6) is 0 Å². The zero-order valence-electron chi connectivity index (χ0n) is 18.4. The van der Waals surface area contributed by atoms with Gasteiger partial charge >= 0.3 is 0 Å². The number of likely N-dealkylation sites (tertiary alicyclic amines) is 1. The number of nitrogens with zero attached hydrogens (tertiary/aromatic N) is 3. The predicted molar refractivity (Wildman–Crippen MR) is 133 cm³/mol. The second-order valence-electron chi connectivity index (χ2n) is 8.66. The van der Waals surface area contributed by atoms with Gasteiger partial charge in [-0.1, -0.05) is 6.42 Å². The van der Waals surface area contributed by atoms with E-state index < -0.39 is 0 Å². The summed E-state index contributed by atoms with van der Waals surface area (Å²) in [5.41, 5.74) is 3.99. The first-order valence-corrected chi connectivity index (χ1v) is 12.2. The highest BCUT2D eigenvalue weighted by Crippen LogP contribution is 2.35. The van der Waals surface area contributed by atoms with Gasteiger partial charge in [-0.15, -0.1) is 11.3 Å². The third kappa shape index (κ3) is 3.97. The SMILES string of the molecule is O=C(Nc1cc(-c2cc(F)cc3[nH]ccc23)cc2[nH]ncc12)c1csc(CN2CCCCC2)n1. The molecule has 1 aliphatic rings. The van der Waals surface area contributed by atoms with Crippen molar-refractivity contribution in [2.45, 2.75) is 25.8 Å². The Balaban J connectivity index is 1.31. The molecule has 0 aliphatic carbocycles. The lowest BCUT2D eigenvalue weighted by Gasteiger charge is -2.25. The molecule has 0 spiro atoms. The molecule has 9 heteroatoms. The van der Waals surface area contributed by atoms with Gasteiger partial charge in [-0.25, -0.2) is 9.37 Å². The number of carbonyl (C=O) groups excluding carboxylic acids is 1. The van der Waals surface area contributed by atoms with Crippen molar-refractivity contribution >= 4 is 44.7 Å². The second kappa shape index (κ2) is 8.66. The zero-order valence-corrected chi connectivity index (χ0v) is 19.2. The molecule has 2 aromatic carbocycles. The van der Waals surface area contributed by atoms with Crippen molar-refractivity contribution in [3.63, 3.8) is 0 Å². The highest BCUT2D eigenvalue weighted by molar-refractivity contribution is 7.09. The van der Waals surface area contributed by atoms with Crippen molar-refractivity contribution < 1.29 is 9.18 Å². The van der Waals surface area contributed by atoms with Crippen LogP contribution in [0.15, 0.2) is 48.1 Å². The van der Waals surface area contributed by atoms with Gasteiger partial charge in [0.2, 0.25) is 0 Å². The number of anilines is 1. The number of benzene rings is 2. The third-order valence-corrected chi connectivity index (χ3v) is 7.18. The highest BCUT2D eigenvalue weighted by atomic mass is 32.1. The Hall–Kier alpha value is -3.56. The summed E-state index contributed by atoms with van der Waals surface area (Å²) in [6, 6.07) is 8.67. The van der Waals surface area contributed by atoms with Crippen molar-refractivity contribution in [2.75, 3.05) is 18.4 Å². The molecule has 1 aliphatic heterocycles. The normalized spacial score (nSPS) is 14.7. The number of fused-ring (bicyclic) bond motifs is 2. The molecular weight excluding hydrogens is 451 g/mol. The minimum atomic E-state index is -0.330. The standard InChI is InChI=1S/C25H23FN6OS/c26-16-10-18(17-4-5-27-20(17)11-16)15-8-21(19-12-28-31-22(19)9-15)30-25(33)23-14-34-24(29-23)13-32-6-2-1-3-7-32/h4-5,8-12,14,27H,1-3,6-7,13H2,(H,28,31)(H,30,33). The van der Waals surface area contributed by atoms with Crippen molar-refractivity contribution in [3.05, 3.63) is 64.6 Å². The van der Waals surface area contributed by atoms with Crippen LogP contribution in [-0.2, 0) is 6.54 Å². The van der Waals surface area contributed by atoms with Crippen LogP contribution in [0.25, 0.3) is 32.9 Å². The molecule has 172 valence electrons. The quantitative estimate of drug-likeness (QED) is 0.312. The van der Waals surface area contributed by atoms with Gasteiger partial charge in [-0.2, -0.15) is 5.10 Å². The summed E-state index contributed by atoms with van der Waals surface area (Å²) in [6.07, 6.45) is 7.19. The van der Waals surface area contributed by atoms with Gasteiger partial charge < -0.3 is 10.3 Å². The summed E-state index contributed by atoms with van der Waals surface area (Å²) >= 11 is 1.51. The summed E-state index contributed by atoms with van der Waals surface area (Å²) < 4.78 is 14.3. The van der Waals surface area contributed by atoms with Crippen LogP contribution < -0.4 is 5.32 Å². The Morgan fingerprint density at radius 1 is 1.12 bits per heavy atom. The monoisotopic (exact) mass is 474 g/mol. The minimum Gasteiger partial charge on any atom is -0.361 e. The van der Waals surface area contributed by atoms with E-state index in [4.69, 9.17) is 0 Å². The molecular formula is C25H23FN6OS. The number of nitrogens with one attached hydrogen (secondary N) is 3. The van der Waals surface area contributed by atoms with E-state index in [0.29, 0.717) is 16.9 Å². The Labute approximate surface area is 199 Å². The van der Waals surface area contributed by atoms with Gasteiger partial charge in [0.25, 0.3) is 5.91 Å². The number of halogens is 1. The molecule has 1 amide bonds. The lowest BCUT2D eigenvalue weighted by Crippen LogP contribution is -2.29. The van der Waals surface area contributed by atoms with Crippen LogP contribution in [0.2, 0.25) is 0 Å². The molecule has 1 saturated heterocycles. The lowest BCUT2D eigenvalue weighted by atomic mass is 9.99. The summed E-state index contributed by atoms with van der Waals surface area (Å²) in [7, 11) is 0. The van der Waals surface area contributed by atoms with Gasteiger partial charge in [0, 0.05) is 27.9 Å². The molecule has 0 saturated carbocycles. The maximum atomic E-state index is 14.3. The highest BCUT2D eigenvalue weighted by Gasteiger charge is 2.18. The van der Waals surface area contributed by atoms with Crippen molar-refractivity contribution in [3.8, 4) is 11.1 Å². The Morgan fingerprint density at radius 3 is 2.88 bits per heavy atom. The summed E-state index contributed by atoms with van der Waals surface area (Å²) in [6.45, 7) is 2.95. The Morgan fingerprint density at radius 2 is 2.00 bits per heavy atom. The van der Waals surface area contributed by atoms with Crippen LogP contribution in [0, 0.1) is 5.82 Å². The molecule has 34 heavy (non-hydrogen) atoms. The fourth-order valence-corrected chi connectivity index (χ4v) is 5.48. The molecule has 7 nitrogen and oxygen atoms in total. The largest absolute Gasteiger partial charge is 0.361 e. The molecule has 0 bridgehead atoms. The van der Waals surface area contributed by atoms with Crippen molar-refractivity contribution in [2.24, 2.45) is 0 Å². The van der Waals surface area contributed by atoms with E-state index >= 15 is 0 Å². The minimum absolute atomic E-state index is 0.271. The van der Waals surface area contributed by atoms with E-state index in [1.54, 1.807) is 17.8 Å². The number of rotatable bonds is 5. The summed E-state index contributed by atoms with van der Waals surface area (Å²) in [4.78, 5) is 23.1. The third-order valence-electron chi connectivity index (χ3n) is 6.34. The molecule has 1 fully saturated rings. The number of aromatic amines is 2. The number of H-pyrrole nitrogens is 2. The molecule has 3 N–H and O–H groups in total. The molecule has 6 rings (SSSR count). The first-order valence-electron chi connectivity index (χ1n) is 11.4. The van der Waals surface area contributed by atoms with E-state index in [-0.39, 0.29) is 11.7 Å². The number of amides is 1. The Bertz CT molecular complexity index is 1500. The van der Waals surface area contributed by atoms with E-state index in [1.807, 2.05) is 18.2 Å². The first-order chi connectivity index (χ1) is 16.6. The second-order valence-corrected chi connectivity index (χ2v) is 9.61. The molecule has 5 aromatic rings. The van der Waals surface area contributed by atoms with E-state index in [1.165, 1.54) is 42.7 Å². The van der Waals surface area contributed by atoms with Gasteiger partial charge in [0.1, 0.15) is 16.5 Å². The van der Waals surface area contributed by atoms with Crippen molar-refractivity contribution in [1.29, 1.82) is 0 Å². The first kappa shape index (κ1) is 21.0. The number of hydrogen-bond acceptors (Lipinski definition) is 5. The fourth-order valence-electron chi connectivity index (χ4n) is 4.66. The van der Waals surface area contributed by atoms with Crippen LogP contribution in [0.1, 0.15) is 34.8 Å². The van der Waals surface area contributed by atoms with E-state index in [9.17, 15) is 9.18 Å². The number of piperidine rings is 1. The van der Waals surface area contributed by atoms with Crippen molar-refractivity contribution in [1.82, 2.24) is 25.1 Å². The Kier molecular flexibility index (Phi) is 5.35. The molecule has 0 unspecified atom stereocenters. The smallest absolute Gasteiger partial charge is 0.275 e. The predicted octanol–water partition coefficient (Wildman–Crippen LogP) is 5.55. The maximum absolute atomic E-state index is 14.3.